The predicted octanol–water partition coefficient (Wildman–Crippen LogP) is 3.53. The first-order valence-electron chi connectivity index (χ1n) is 7.25. The molecule has 0 saturated heterocycles. The summed E-state index contributed by atoms with van der Waals surface area (Å²) < 4.78 is 5.45. The molecule has 110 valence electrons. The number of benzene rings is 1. The molecule has 1 aliphatic carbocycles. The Balaban J connectivity index is 1.74. The minimum atomic E-state index is -0.0419. The zero-order valence-corrected chi connectivity index (χ0v) is 13.3. The van der Waals surface area contributed by atoms with Gasteiger partial charge >= 0.3 is 0 Å². The van der Waals surface area contributed by atoms with Crippen LogP contribution in [0.4, 0.5) is 0 Å². The molecule has 20 heavy (non-hydrogen) atoms. The van der Waals surface area contributed by atoms with Crippen LogP contribution in [0, 0.1) is 5.41 Å². The van der Waals surface area contributed by atoms with Crippen molar-refractivity contribution in [2.24, 2.45) is 5.41 Å². The van der Waals surface area contributed by atoms with Gasteiger partial charge in [0.2, 0.25) is 0 Å². The number of hydrogen-bond donors (Lipinski definition) is 1. The zero-order chi connectivity index (χ0) is 14.3. The van der Waals surface area contributed by atoms with Gasteiger partial charge in [0.15, 0.2) is 6.61 Å². The molecule has 0 spiro atoms. The van der Waals surface area contributed by atoms with Gasteiger partial charge in [-0.3, -0.25) is 4.79 Å². The maximum absolute atomic E-state index is 11.9. The topological polar surface area (TPSA) is 38.3 Å². The van der Waals surface area contributed by atoms with Crippen LogP contribution in [-0.2, 0) is 4.79 Å². The van der Waals surface area contributed by atoms with Crippen molar-refractivity contribution in [1.82, 2.24) is 5.32 Å². The van der Waals surface area contributed by atoms with Crippen molar-refractivity contribution in [3.05, 3.63) is 30.3 Å². The van der Waals surface area contributed by atoms with Gasteiger partial charge in [0.25, 0.3) is 5.91 Å². The summed E-state index contributed by atoms with van der Waals surface area (Å²) in [6, 6.07) is 9.43. The molecule has 1 aliphatic rings. The minimum Gasteiger partial charge on any atom is -0.484 e. The highest BCUT2D eigenvalue weighted by molar-refractivity contribution is 9.09. The van der Waals surface area contributed by atoms with Gasteiger partial charge in [-0.2, -0.15) is 0 Å². The number of nitrogens with one attached hydrogen (secondary N) is 1. The first-order valence-corrected chi connectivity index (χ1v) is 8.37. The van der Waals surface area contributed by atoms with Gasteiger partial charge in [-0.05, 0) is 30.4 Å². The lowest BCUT2D eigenvalue weighted by Gasteiger charge is -2.35. The summed E-state index contributed by atoms with van der Waals surface area (Å²) in [5, 5.41) is 3.98. The van der Waals surface area contributed by atoms with Gasteiger partial charge in [0, 0.05) is 11.9 Å². The highest BCUT2D eigenvalue weighted by atomic mass is 79.9. The molecule has 1 amide bonds. The van der Waals surface area contributed by atoms with Gasteiger partial charge in [0.05, 0.1) is 0 Å². The largest absolute Gasteiger partial charge is 0.484 e. The van der Waals surface area contributed by atoms with E-state index in [4.69, 9.17) is 4.74 Å². The third kappa shape index (κ3) is 4.51. The molecule has 1 saturated carbocycles. The van der Waals surface area contributed by atoms with Crippen molar-refractivity contribution in [3.8, 4) is 5.75 Å². The monoisotopic (exact) mass is 339 g/mol. The maximum Gasteiger partial charge on any atom is 0.257 e. The average Bonchev–Trinajstić information content (AvgIpc) is 2.53. The number of para-hydroxylation sites is 1. The van der Waals surface area contributed by atoms with Crippen LogP contribution in [0.3, 0.4) is 0 Å². The van der Waals surface area contributed by atoms with Gasteiger partial charge in [-0.1, -0.05) is 53.4 Å². The van der Waals surface area contributed by atoms with Crippen LogP contribution in [-0.4, -0.2) is 24.4 Å². The van der Waals surface area contributed by atoms with Crippen molar-refractivity contribution >= 4 is 21.8 Å². The predicted molar refractivity (Wildman–Crippen MR) is 84.3 cm³/mol. The molecule has 0 atom stereocenters. The summed E-state index contributed by atoms with van der Waals surface area (Å²) in [5.74, 6) is 0.690. The summed E-state index contributed by atoms with van der Waals surface area (Å²) in [4.78, 5) is 11.9. The third-order valence-corrected chi connectivity index (χ3v) is 5.16. The smallest absolute Gasteiger partial charge is 0.257 e. The number of alkyl halides is 1. The number of ether oxygens (including phenoxy) is 1. The summed E-state index contributed by atoms with van der Waals surface area (Å²) in [6.45, 7) is 0.831. The molecule has 1 fully saturated rings. The Morgan fingerprint density at radius 1 is 1.20 bits per heavy atom. The normalized spacial score (nSPS) is 17.4. The van der Waals surface area contributed by atoms with E-state index in [2.05, 4.69) is 21.2 Å². The molecular weight excluding hydrogens is 318 g/mol. The average molecular weight is 340 g/mol. The lowest BCUT2D eigenvalue weighted by molar-refractivity contribution is -0.123. The zero-order valence-electron chi connectivity index (χ0n) is 11.7. The Morgan fingerprint density at radius 3 is 2.55 bits per heavy atom. The lowest BCUT2D eigenvalue weighted by atomic mass is 9.75. The fraction of sp³-hybridized carbons (Fsp3) is 0.562. The minimum absolute atomic E-state index is 0.0419. The van der Waals surface area contributed by atoms with Gasteiger partial charge in [-0.25, -0.2) is 0 Å². The van der Waals surface area contributed by atoms with Crippen molar-refractivity contribution in [1.29, 1.82) is 0 Å². The van der Waals surface area contributed by atoms with Crippen molar-refractivity contribution in [2.45, 2.75) is 32.1 Å². The summed E-state index contributed by atoms with van der Waals surface area (Å²) in [5.41, 5.74) is 0.237. The SMILES string of the molecule is O=C(COc1ccccc1)NCC1(CBr)CCCCC1. The maximum atomic E-state index is 11.9. The molecule has 0 aliphatic heterocycles. The highest BCUT2D eigenvalue weighted by Crippen LogP contribution is 2.37. The molecule has 0 radical (unpaired) electrons. The van der Waals surface area contributed by atoms with Crippen LogP contribution in [0.2, 0.25) is 0 Å². The van der Waals surface area contributed by atoms with Gasteiger partial charge in [0.1, 0.15) is 5.75 Å². The fourth-order valence-corrected chi connectivity index (χ4v) is 3.42. The van der Waals surface area contributed by atoms with Crippen LogP contribution in [0.1, 0.15) is 32.1 Å². The first kappa shape index (κ1) is 15.4. The van der Waals surface area contributed by atoms with Crippen molar-refractivity contribution in [3.63, 3.8) is 0 Å². The quantitative estimate of drug-likeness (QED) is 0.805. The second kappa shape index (κ2) is 7.67. The van der Waals surface area contributed by atoms with Crippen molar-refractivity contribution in [2.75, 3.05) is 18.5 Å². The summed E-state index contributed by atoms with van der Waals surface area (Å²) >= 11 is 3.61. The molecule has 3 nitrogen and oxygen atoms in total. The Morgan fingerprint density at radius 2 is 1.90 bits per heavy atom. The van der Waals surface area contributed by atoms with Crippen LogP contribution in [0.15, 0.2) is 30.3 Å². The van der Waals surface area contributed by atoms with Gasteiger partial charge < -0.3 is 10.1 Å². The number of carbonyl (C=O) groups excluding carboxylic acids is 1. The Bertz CT molecular complexity index is 416. The number of hydrogen-bond acceptors (Lipinski definition) is 2. The van der Waals surface area contributed by atoms with Crippen LogP contribution in [0.25, 0.3) is 0 Å². The van der Waals surface area contributed by atoms with Crippen molar-refractivity contribution < 1.29 is 9.53 Å². The van der Waals surface area contributed by atoms with E-state index in [1.165, 1.54) is 32.1 Å². The molecule has 1 aromatic rings. The van der Waals surface area contributed by atoms with E-state index in [9.17, 15) is 4.79 Å². The molecular formula is C16H22BrNO2. The lowest BCUT2D eigenvalue weighted by Crippen LogP contribution is -2.41. The molecule has 0 aromatic heterocycles. The van der Waals surface area contributed by atoms with E-state index < -0.39 is 0 Å². The number of carbonyl (C=O) groups is 1. The van der Waals surface area contributed by atoms with E-state index in [1.807, 2.05) is 30.3 Å². The number of rotatable bonds is 6. The summed E-state index contributed by atoms with van der Waals surface area (Å²) in [7, 11) is 0. The van der Waals surface area contributed by atoms with Gasteiger partial charge in [-0.15, -0.1) is 0 Å². The molecule has 1 aromatic carbocycles. The Hall–Kier alpha value is -1.03. The molecule has 2 rings (SSSR count). The fourth-order valence-electron chi connectivity index (χ4n) is 2.66. The number of amides is 1. The van der Waals surface area contributed by atoms with E-state index in [1.54, 1.807) is 0 Å². The Kier molecular flexibility index (Phi) is 5.89. The van der Waals surface area contributed by atoms with Crippen LogP contribution in [0.5, 0.6) is 5.75 Å². The standard InChI is InChI=1S/C16H22BrNO2/c17-12-16(9-5-2-6-10-16)13-18-15(19)11-20-14-7-3-1-4-8-14/h1,3-4,7-8H,2,5-6,9-13H2,(H,18,19). The molecule has 0 unspecified atom stereocenters. The van der Waals surface area contributed by atoms with Crippen LogP contribution >= 0.6 is 15.9 Å². The van der Waals surface area contributed by atoms with E-state index in [-0.39, 0.29) is 17.9 Å². The van der Waals surface area contributed by atoms with E-state index in [0.29, 0.717) is 0 Å². The molecule has 0 heterocycles. The molecule has 4 heteroatoms. The van der Waals surface area contributed by atoms with Crippen LogP contribution < -0.4 is 10.1 Å². The number of halogens is 1. The van der Waals surface area contributed by atoms with E-state index in [0.717, 1.165) is 17.6 Å². The molecule has 1 N–H and O–H groups in total. The second-order valence-corrected chi connectivity index (χ2v) is 6.13. The highest BCUT2D eigenvalue weighted by Gasteiger charge is 2.31. The second-order valence-electron chi connectivity index (χ2n) is 5.57. The summed E-state index contributed by atoms with van der Waals surface area (Å²) in [6.07, 6.45) is 6.24. The molecule has 0 bridgehead atoms. The Labute approximate surface area is 129 Å². The first-order chi connectivity index (χ1) is 9.74. The van der Waals surface area contributed by atoms with E-state index >= 15 is 0 Å². The third-order valence-electron chi connectivity index (χ3n) is 3.97.